The maximum absolute atomic E-state index is 11.1. The molecular formula is C28H42O6. The van der Waals surface area contributed by atoms with E-state index in [0.717, 1.165) is 23.1 Å². The SMILES string of the molecule is Cc1ccc(CC(C)CC(Cc2ccc(C)cc2C)C(O)[C@@H](O)[C@@H](O)[C@H](O)[C@@H](O)CO)c(C)c1. The summed E-state index contributed by atoms with van der Waals surface area (Å²) in [6, 6.07) is 12.5. The van der Waals surface area contributed by atoms with E-state index >= 15 is 0 Å². The van der Waals surface area contributed by atoms with Crippen LogP contribution in [0.15, 0.2) is 36.4 Å². The lowest BCUT2D eigenvalue weighted by atomic mass is 9.79. The minimum absolute atomic E-state index is 0.184. The van der Waals surface area contributed by atoms with Gasteiger partial charge in [-0.1, -0.05) is 54.4 Å². The van der Waals surface area contributed by atoms with Crippen LogP contribution < -0.4 is 0 Å². The molecule has 2 aromatic carbocycles. The van der Waals surface area contributed by atoms with Crippen LogP contribution in [0.3, 0.4) is 0 Å². The summed E-state index contributed by atoms with van der Waals surface area (Å²) in [5, 5.41) is 60.9. The molecule has 6 N–H and O–H groups in total. The van der Waals surface area contributed by atoms with Gasteiger partial charge in [-0.3, -0.25) is 0 Å². The normalized spacial score (nSPS) is 18.1. The molecule has 0 saturated carbocycles. The summed E-state index contributed by atoms with van der Waals surface area (Å²) in [4.78, 5) is 0. The largest absolute Gasteiger partial charge is 0.394 e. The molecule has 0 aliphatic rings. The average molecular weight is 475 g/mol. The average Bonchev–Trinajstić information content (AvgIpc) is 2.79. The molecule has 2 aromatic rings. The number of hydrogen-bond acceptors (Lipinski definition) is 6. The quantitative estimate of drug-likeness (QED) is 0.280. The Hall–Kier alpha value is -1.80. The zero-order chi connectivity index (χ0) is 25.6. The smallest absolute Gasteiger partial charge is 0.111 e. The molecule has 34 heavy (non-hydrogen) atoms. The molecule has 0 fully saturated rings. The molecule has 7 atom stereocenters. The van der Waals surface area contributed by atoms with Gasteiger partial charge in [0.25, 0.3) is 0 Å². The second kappa shape index (κ2) is 12.8. The zero-order valence-electron chi connectivity index (χ0n) is 21.0. The molecule has 0 saturated heterocycles. The molecule has 6 heteroatoms. The van der Waals surface area contributed by atoms with Crippen molar-refractivity contribution < 1.29 is 30.6 Å². The van der Waals surface area contributed by atoms with Crippen molar-refractivity contribution in [1.82, 2.24) is 0 Å². The first-order chi connectivity index (χ1) is 15.9. The fourth-order valence-electron chi connectivity index (χ4n) is 4.77. The van der Waals surface area contributed by atoms with Crippen LogP contribution in [0.25, 0.3) is 0 Å². The standard InChI is InChI=1S/C28H42O6/c1-16-6-8-21(19(4)10-16)12-18(3)13-23(14-22-9-7-17(2)11-20(22)5)25(31)27(33)28(34)26(32)24(30)15-29/h6-11,18,23-34H,12-15H2,1-5H3/t18?,23?,24-,25?,26+,27+,28-/m0/s1. The van der Waals surface area contributed by atoms with Gasteiger partial charge in [0.1, 0.15) is 24.4 Å². The number of hydrogen-bond donors (Lipinski definition) is 6. The van der Waals surface area contributed by atoms with E-state index in [1.165, 1.54) is 16.7 Å². The van der Waals surface area contributed by atoms with Crippen LogP contribution in [-0.4, -0.2) is 67.8 Å². The summed E-state index contributed by atoms with van der Waals surface area (Å²) in [7, 11) is 0. The van der Waals surface area contributed by atoms with E-state index in [1.807, 2.05) is 26.0 Å². The zero-order valence-corrected chi connectivity index (χ0v) is 21.0. The second-order valence-corrected chi connectivity index (χ2v) is 10.1. The molecule has 0 aliphatic carbocycles. The van der Waals surface area contributed by atoms with E-state index in [2.05, 4.69) is 45.0 Å². The Morgan fingerprint density at radius 1 is 0.647 bits per heavy atom. The lowest BCUT2D eigenvalue weighted by molar-refractivity contribution is -0.149. The van der Waals surface area contributed by atoms with Gasteiger partial charge in [-0.15, -0.1) is 0 Å². The lowest BCUT2D eigenvalue weighted by Gasteiger charge is -2.34. The van der Waals surface area contributed by atoms with Gasteiger partial charge in [-0.2, -0.15) is 0 Å². The molecule has 190 valence electrons. The third kappa shape index (κ3) is 7.60. The van der Waals surface area contributed by atoms with Crippen LogP contribution in [0.2, 0.25) is 0 Å². The molecule has 0 aliphatic heterocycles. The van der Waals surface area contributed by atoms with Crippen LogP contribution in [-0.2, 0) is 12.8 Å². The van der Waals surface area contributed by atoms with Gasteiger partial charge >= 0.3 is 0 Å². The first kappa shape index (κ1) is 28.4. The number of rotatable bonds is 12. The number of aliphatic hydroxyl groups is 6. The molecule has 3 unspecified atom stereocenters. The Bertz CT molecular complexity index is 914. The van der Waals surface area contributed by atoms with Crippen LogP contribution in [0.1, 0.15) is 46.7 Å². The molecule has 0 heterocycles. The Morgan fingerprint density at radius 2 is 1.12 bits per heavy atom. The Labute approximate surface area is 203 Å². The maximum Gasteiger partial charge on any atom is 0.111 e. The van der Waals surface area contributed by atoms with Crippen LogP contribution >= 0.6 is 0 Å². The third-order valence-corrected chi connectivity index (χ3v) is 6.87. The van der Waals surface area contributed by atoms with Crippen LogP contribution in [0.5, 0.6) is 0 Å². The second-order valence-electron chi connectivity index (χ2n) is 10.1. The van der Waals surface area contributed by atoms with Crippen molar-refractivity contribution in [3.63, 3.8) is 0 Å². The van der Waals surface area contributed by atoms with Gasteiger partial charge in [0, 0.05) is 0 Å². The van der Waals surface area contributed by atoms with E-state index in [9.17, 15) is 25.5 Å². The molecule has 6 nitrogen and oxygen atoms in total. The maximum atomic E-state index is 11.1. The monoisotopic (exact) mass is 474 g/mol. The fraction of sp³-hybridized carbons (Fsp3) is 0.571. The Kier molecular flexibility index (Phi) is 10.7. The molecule has 0 amide bonds. The molecule has 0 spiro atoms. The van der Waals surface area contributed by atoms with Crippen molar-refractivity contribution in [3.8, 4) is 0 Å². The van der Waals surface area contributed by atoms with Crippen molar-refractivity contribution in [3.05, 3.63) is 69.8 Å². The van der Waals surface area contributed by atoms with E-state index in [-0.39, 0.29) is 5.92 Å². The minimum Gasteiger partial charge on any atom is -0.394 e. The fourth-order valence-corrected chi connectivity index (χ4v) is 4.77. The van der Waals surface area contributed by atoms with Gasteiger partial charge < -0.3 is 30.6 Å². The van der Waals surface area contributed by atoms with E-state index in [1.54, 1.807) is 0 Å². The Morgan fingerprint density at radius 3 is 1.59 bits per heavy atom. The summed E-state index contributed by atoms with van der Waals surface area (Å²) in [5.74, 6) is -0.214. The van der Waals surface area contributed by atoms with Gasteiger partial charge in [-0.05, 0) is 81.0 Å². The van der Waals surface area contributed by atoms with E-state index < -0.39 is 43.0 Å². The lowest BCUT2D eigenvalue weighted by Crippen LogP contribution is -2.52. The highest BCUT2D eigenvalue weighted by Crippen LogP contribution is 2.28. The van der Waals surface area contributed by atoms with Crippen LogP contribution in [0.4, 0.5) is 0 Å². The van der Waals surface area contributed by atoms with E-state index in [4.69, 9.17) is 5.11 Å². The molecular weight excluding hydrogens is 432 g/mol. The summed E-state index contributed by atoms with van der Waals surface area (Å²) in [5.41, 5.74) is 6.93. The molecule has 0 bridgehead atoms. The summed E-state index contributed by atoms with van der Waals surface area (Å²) >= 11 is 0. The highest BCUT2D eigenvalue weighted by molar-refractivity contribution is 5.32. The first-order valence-corrected chi connectivity index (χ1v) is 12.1. The summed E-state index contributed by atoms with van der Waals surface area (Å²) in [6.07, 6.45) is -6.31. The highest BCUT2D eigenvalue weighted by atomic mass is 16.4. The predicted octanol–water partition coefficient (Wildman–Crippen LogP) is 2.14. The third-order valence-electron chi connectivity index (χ3n) is 6.87. The summed E-state index contributed by atoms with van der Waals surface area (Å²) < 4.78 is 0. The summed E-state index contributed by atoms with van der Waals surface area (Å²) in [6.45, 7) is 9.52. The minimum atomic E-state index is -1.80. The topological polar surface area (TPSA) is 121 Å². The van der Waals surface area contributed by atoms with Gasteiger partial charge in [0.05, 0.1) is 12.7 Å². The van der Waals surface area contributed by atoms with Crippen molar-refractivity contribution in [1.29, 1.82) is 0 Å². The van der Waals surface area contributed by atoms with Gasteiger partial charge in [-0.25, -0.2) is 0 Å². The molecule has 0 aromatic heterocycles. The van der Waals surface area contributed by atoms with E-state index in [0.29, 0.717) is 12.8 Å². The van der Waals surface area contributed by atoms with Crippen molar-refractivity contribution in [2.75, 3.05) is 6.61 Å². The number of aryl methyl sites for hydroxylation is 4. The molecule has 2 rings (SSSR count). The van der Waals surface area contributed by atoms with Crippen molar-refractivity contribution in [2.24, 2.45) is 11.8 Å². The predicted molar refractivity (Wildman–Crippen MR) is 134 cm³/mol. The number of aliphatic hydroxyl groups excluding tert-OH is 6. The van der Waals surface area contributed by atoms with Crippen molar-refractivity contribution >= 4 is 0 Å². The Balaban J connectivity index is 2.25. The highest BCUT2D eigenvalue weighted by Gasteiger charge is 2.37. The first-order valence-electron chi connectivity index (χ1n) is 12.1. The van der Waals surface area contributed by atoms with Gasteiger partial charge in [0.2, 0.25) is 0 Å². The van der Waals surface area contributed by atoms with Crippen molar-refractivity contribution in [2.45, 2.75) is 84.4 Å². The number of benzene rings is 2. The molecule has 0 radical (unpaired) electrons. The van der Waals surface area contributed by atoms with Gasteiger partial charge in [0.15, 0.2) is 0 Å². The van der Waals surface area contributed by atoms with Crippen LogP contribution in [0, 0.1) is 39.5 Å².